The molecule has 0 spiro atoms. The van der Waals surface area contributed by atoms with Gasteiger partial charge >= 0.3 is 0 Å². The molecule has 3 aromatic rings. The summed E-state index contributed by atoms with van der Waals surface area (Å²) in [4.78, 5) is 8.79. The molecule has 1 unspecified atom stereocenters. The highest BCUT2D eigenvalue weighted by Gasteiger charge is 2.10. The van der Waals surface area contributed by atoms with Crippen molar-refractivity contribution >= 4 is 0 Å². The monoisotopic (exact) mass is 323 g/mol. The Hall–Kier alpha value is -2.50. The number of benzene rings is 1. The molecule has 0 aliphatic rings. The zero-order valence-corrected chi connectivity index (χ0v) is 13.4. The Bertz CT molecular complexity index is 729. The Balaban J connectivity index is 1.50. The second kappa shape index (κ2) is 8.38. The Labute approximate surface area is 141 Å². The standard InChI is InChI=1S/C19H21N3O2/c23-13-15(10-17-8-4-5-9-21-17)11-20-12-18-14-24-19(22-18)16-6-2-1-3-7-16/h1-9,14-15,20,23H,10-13H2. The van der Waals surface area contributed by atoms with Crippen molar-refractivity contribution in [2.75, 3.05) is 13.2 Å². The first-order valence-electron chi connectivity index (χ1n) is 8.06. The third kappa shape index (κ3) is 4.50. The summed E-state index contributed by atoms with van der Waals surface area (Å²) >= 11 is 0. The van der Waals surface area contributed by atoms with Crippen LogP contribution in [0.4, 0.5) is 0 Å². The van der Waals surface area contributed by atoms with E-state index in [9.17, 15) is 5.11 Å². The number of hydrogen-bond acceptors (Lipinski definition) is 5. The summed E-state index contributed by atoms with van der Waals surface area (Å²) in [5.74, 6) is 0.750. The van der Waals surface area contributed by atoms with Gasteiger partial charge in [-0.05, 0) is 36.6 Å². The van der Waals surface area contributed by atoms with E-state index in [4.69, 9.17) is 4.42 Å². The average molecular weight is 323 g/mol. The van der Waals surface area contributed by atoms with Crippen LogP contribution in [0.15, 0.2) is 65.4 Å². The van der Waals surface area contributed by atoms with E-state index in [1.807, 2.05) is 48.5 Å². The Morgan fingerprint density at radius 2 is 1.88 bits per heavy atom. The van der Waals surface area contributed by atoms with E-state index >= 15 is 0 Å². The highest BCUT2D eigenvalue weighted by molar-refractivity contribution is 5.52. The molecule has 2 heterocycles. The molecule has 5 nitrogen and oxygen atoms in total. The molecule has 1 aromatic carbocycles. The summed E-state index contributed by atoms with van der Waals surface area (Å²) in [5, 5.41) is 12.9. The molecule has 0 saturated heterocycles. The minimum atomic E-state index is 0.123. The average Bonchev–Trinajstić information content (AvgIpc) is 3.11. The van der Waals surface area contributed by atoms with Gasteiger partial charge in [-0.3, -0.25) is 4.98 Å². The maximum absolute atomic E-state index is 9.54. The number of hydrogen-bond donors (Lipinski definition) is 2. The van der Waals surface area contributed by atoms with Crippen molar-refractivity contribution in [2.24, 2.45) is 5.92 Å². The minimum absolute atomic E-state index is 0.123. The minimum Gasteiger partial charge on any atom is -0.444 e. The van der Waals surface area contributed by atoms with Crippen molar-refractivity contribution in [3.63, 3.8) is 0 Å². The number of oxazole rings is 1. The molecule has 24 heavy (non-hydrogen) atoms. The molecule has 0 fully saturated rings. The van der Waals surface area contributed by atoms with Crippen molar-refractivity contribution in [1.29, 1.82) is 0 Å². The highest BCUT2D eigenvalue weighted by Crippen LogP contribution is 2.17. The van der Waals surface area contributed by atoms with Crippen molar-refractivity contribution in [2.45, 2.75) is 13.0 Å². The number of nitrogens with one attached hydrogen (secondary N) is 1. The van der Waals surface area contributed by atoms with Crippen LogP contribution in [-0.4, -0.2) is 28.2 Å². The van der Waals surface area contributed by atoms with Crippen LogP contribution in [0.3, 0.4) is 0 Å². The molecule has 2 aromatic heterocycles. The van der Waals surface area contributed by atoms with Gasteiger partial charge in [0.25, 0.3) is 0 Å². The van der Waals surface area contributed by atoms with Gasteiger partial charge in [-0.15, -0.1) is 0 Å². The first kappa shape index (κ1) is 16.4. The predicted octanol–water partition coefficient (Wildman–Crippen LogP) is 2.68. The van der Waals surface area contributed by atoms with Gasteiger partial charge in [-0.25, -0.2) is 4.98 Å². The largest absolute Gasteiger partial charge is 0.444 e. The van der Waals surface area contributed by atoms with E-state index < -0.39 is 0 Å². The van der Waals surface area contributed by atoms with Crippen molar-refractivity contribution in [3.05, 3.63) is 72.4 Å². The van der Waals surface area contributed by atoms with Crippen LogP contribution in [0, 0.1) is 5.92 Å². The van der Waals surface area contributed by atoms with Gasteiger partial charge in [0.15, 0.2) is 0 Å². The number of pyridine rings is 1. The zero-order chi connectivity index (χ0) is 16.6. The molecule has 0 aliphatic heterocycles. The van der Waals surface area contributed by atoms with Crippen LogP contribution in [-0.2, 0) is 13.0 Å². The van der Waals surface area contributed by atoms with E-state index in [0.29, 0.717) is 19.0 Å². The molecule has 124 valence electrons. The lowest BCUT2D eigenvalue weighted by Gasteiger charge is -2.14. The number of aromatic nitrogens is 2. The number of nitrogens with zero attached hydrogens (tertiary/aromatic N) is 2. The first-order chi connectivity index (χ1) is 11.8. The molecule has 1 atom stereocenters. The normalized spacial score (nSPS) is 12.2. The Morgan fingerprint density at radius 1 is 1.04 bits per heavy atom. The number of aliphatic hydroxyl groups excluding tert-OH is 1. The third-order valence-electron chi connectivity index (χ3n) is 3.79. The summed E-state index contributed by atoms with van der Waals surface area (Å²) in [6.07, 6.45) is 4.19. The summed E-state index contributed by atoms with van der Waals surface area (Å²) in [5.41, 5.74) is 2.81. The Morgan fingerprint density at radius 3 is 2.62 bits per heavy atom. The molecule has 2 N–H and O–H groups in total. The fraction of sp³-hybridized carbons (Fsp3) is 0.263. The van der Waals surface area contributed by atoms with E-state index in [0.717, 1.165) is 23.4 Å². The van der Waals surface area contributed by atoms with Crippen LogP contribution < -0.4 is 5.32 Å². The lowest BCUT2D eigenvalue weighted by Crippen LogP contribution is -2.26. The molecule has 0 saturated carbocycles. The molecule has 3 rings (SSSR count). The molecular weight excluding hydrogens is 302 g/mol. The van der Waals surface area contributed by atoms with E-state index in [2.05, 4.69) is 15.3 Å². The SMILES string of the molecule is OCC(CNCc1coc(-c2ccccc2)n1)Cc1ccccn1. The summed E-state index contributed by atoms with van der Waals surface area (Å²) < 4.78 is 5.52. The molecular formula is C19H21N3O2. The van der Waals surface area contributed by atoms with Gasteiger partial charge in [-0.1, -0.05) is 24.3 Å². The molecule has 5 heteroatoms. The van der Waals surface area contributed by atoms with Crippen LogP contribution in [0.5, 0.6) is 0 Å². The van der Waals surface area contributed by atoms with Crippen LogP contribution in [0.25, 0.3) is 11.5 Å². The molecule has 0 radical (unpaired) electrons. The van der Waals surface area contributed by atoms with E-state index in [1.54, 1.807) is 12.5 Å². The van der Waals surface area contributed by atoms with Crippen LogP contribution in [0.2, 0.25) is 0 Å². The van der Waals surface area contributed by atoms with E-state index in [-0.39, 0.29) is 12.5 Å². The van der Waals surface area contributed by atoms with Crippen LogP contribution in [0.1, 0.15) is 11.4 Å². The van der Waals surface area contributed by atoms with Crippen molar-refractivity contribution in [3.8, 4) is 11.5 Å². The maximum atomic E-state index is 9.54. The molecule has 0 amide bonds. The Kier molecular flexibility index (Phi) is 5.71. The third-order valence-corrected chi connectivity index (χ3v) is 3.79. The van der Waals surface area contributed by atoms with Gasteiger partial charge in [0.05, 0.1) is 5.69 Å². The van der Waals surface area contributed by atoms with Crippen molar-refractivity contribution < 1.29 is 9.52 Å². The second-order valence-electron chi connectivity index (χ2n) is 5.71. The van der Waals surface area contributed by atoms with Gasteiger partial charge in [0, 0.05) is 37.2 Å². The van der Waals surface area contributed by atoms with Gasteiger partial charge in [0.2, 0.25) is 5.89 Å². The smallest absolute Gasteiger partial charge is 0.226 e. The van der Waals surface area contributed by atoms with Crippen LogP contribution >= 0.6 is 0 Å². The molecule has 0 bridgehead atoms. The fourth-order valence-corrected chi connectivity index (χ4v) is 2.52. The number of aliphatic hydroxyl groups is 1. The fourth-order valence-electron chi connectivity index (χ4n) is 2.52. The maximum Gasteiger partial charge on any atom is 0.226 e. The van der Waals surface area contributed by atoms with Crippen molar-refractivity contribution in [1.82, 2.24) is 15.3 Å². The molecule has 0 aliphatic carbocycles. The van der Waals surface area contributed by atoms with Gasteiger partial charge in [-0.2, -0.15) is 0 Å². The number of rotatable bonds is 8. The second-order valence-corrected chi connectivity index (χ2v) is 5.71. The topological polar surface area (TPSA) is 71.2 Å². The van der Waals surface area contributed by atoms with Gasteiger partial charge in [0.1, 0.15) is 6.26 Å². The summed E-state index contributed by atoms with van der Waals surface area (Å²) in [6.45, 7) is 1.42. The summed E-state index contributed by atoms with van der Waals surface area (Å²) in [6, 6.07) is 15.7. The summed E-state index contributed by atoms with van der Waals surface area (Å²) in [7, 11) is 0. The highest BCUT2D eigenvalue weighted by atomic mass is 16.3. The zero-order valence-electron chi connectivity index (χ0n) is 13.4. The quantitative estimate of drug-likeness (QED) is 0.667. The van der Waals surface area contributed by atoms with E-state index in [1.165, 1.54) is 0 Å². The lowest BCUT2D eigenvalue weighted by molar-refractivity contribution is 0.220. The first-order valence-corrected chi connectivity index (χ1v) is 8.06. The lowest BCUT2D eigenvalue weighted by atomic mass is 10.0. The predicted molar refractivity (Wildman–Crippen MR) is 92.2 cm³/mol. The van der Waals surface area contributed by atoms with Gasteiger partial charge < -0.3 is 14.8 Å².